The number of rotatable bonds is 2. The minimum Gasteiger partial charge on any atom is -0.120 e. The molecule has 0 nitrogen and oxygen atoms in total. The van der Waals surface area contributed by atoms with Gasteiger partial charge in [0.15, 0.2) is 0 Å². The van der Waals surface area contributed by atoms with Crippen LogP contribution in [0.15, 0.2) is 27.1 Å². The summed E-state index contributed by atoms with van der Waals surface area (Å²) >= 11 is 6.96. The van der Waals surface area contributed by atoms with E-state index in [2.05, 4.69) is 37.8 Å². The van der Waals surface area contributed by atoms with E-state index in [1.807, 2.05) is 18.2 Å². The monoisotopic (exact) mass is 286 g/mol. The smallest absolute Gasteiger partial charge is 0.0218 e. The van der Waals surface area contributed by atoms with Gasteiger partial charge in [0.05, 0.1) is 0 Å². The first-order valence-electron chi connectivity index (χ1n) is 3.62. The normalized spacial score (nSPS) is 9.42. The van der Waals surface area contributed by atoms with E-state index in [9.17, 15) is 0 Å². The molecule has 1 aromatic carbocycles. The van der Waals surface area contributed by atoms with Crippen LogP contribution in [0.25, 0.3) is 0 Å². The zero-order valence-corrected chi connectivity index (χ0v) is 9.65. The molecule has 12 heavy (non-hydrogen) atoms. The van der Waals surface area contributed by atoms with Crippen molar-refractivity contribution >= 4 is 31.9 Å². The average Bonchev–Trinajstić information content (AvgIpc) is 2.04. The maximum Gasteiger partial charge on any atom is 0.0218 e. The molecule has 0 N–H and O–H groups in total. The zero-order chi connectivity index (χ0) is 8.97. The predicted molar refractivity (Wildman–Crippen MR) is 59.0 cm³/mol. The molecule has 0 radical (unpaired) electrons. The second-order valence-electron chi connectivity index (χ2n) is 2.40. The van der Waals surface area contributed by atoms with Gasteiger partial charge in [-0.15, -0.1) is 12.3 Å². The van der Waals surface area contributed by atoms with Crippen LogP contribution in [-0.4, -0.2) is 0 Å². The molecule has 0 spiro atoms. The molecule has 0 saturated carbocycles. The SMILES string of the molecule is C#CCCc1c(Br)cccc1Br. The Morgan fingerprint density at radius 2 is 1.83 bits per heavy atom. The van der Waals surface area contributed by atoms with Crippen molar-refractivity contribution in [3.63, 3.8) is 0 Å². The Morgan fingerprint density at radius 3 is 2.33 bits per heavy atom. The molecule has 0 bridgehead atoms. The van der Waals surface area contributed by atoms with Crippen molar-refractivity contribution in [1.82, 2.24) is 0 Å². The average molecular weight is 288 g/mol. The number of hydrogen-bond donors (Lipinski definition) is 0. The molecule has 0 fully saturated rings. The van der Waals surface area contributed by atoms with Gasteiger partial charge < -0.3 is 0 Å². The second kappa shape index (κ2) is 4.69. The van der Waals surface area contributed by atoms with Gasteiger partial charge in [-0.3, -0.25) is 0 Å². The highest BCUT2D eigenvalue weighted by Gasteiger charge is 2.02. The summed E-state index contributed by atoms with van der Waals surface area (Å²) in [5.74, 6) is 2.63. The highest BCUT2D eigenvalue weighted by Crippen LogP contribution is 2.25. The van der Waals surface area contributed by atoms with Crippen LogP contribution < -0.4 is 0 Å². The molecule has 0 heterocycles. The minimum atomic E-state index is 0.779. The largest absolute Gasteiger partial charge is 0.120 e. The van der Waals surface area contributed by atoms with Crippen LogP contribution in [0.5, 0.6) is 0 Å². The van der Waals surface area contributed by atoms with Gasteiger partial charge in [0.1, 0.15) is 0 Å². The Morgan fingerprint density at radius 1 is 1.25 bits per heavy atom. The summed E-state index contributed by atoms with van der Waals surface area (Å²) in [6.45, 7) is 0. The molecule has 1 aromatic rings. The van der Waals surface area contributed by atoms with Crippen LogP contribution in [0, 0.1) is 12.3 Å². The van der Waals surface area contributed by atoms with E-state index in [1.165, 1.54) is 5.56 Å². The van der Waals surface area contributed by atoms with Gasteiger partial charge in [0, 0.05) is 15.4 Å². The maximum atomic E-state index is 5.20. The zero-order valence-electron chi connectivity index (χ0n) is 6.48. The highest BCUT2D eigenvalue weighted by atomic mass is 79.9. The van der Waals surface area contributed by atoms with E-state index in [0.717, 1.165) is 21.8 Å². The van der Waals surface area contributed by atoms with E-state index in [4.69, 9.17) is 6.42 Å². The number of halogens is 2. The number of hydrogen-bond acceptors (Lipinski definition) is 0. The molecule has 0 aliphatic heterocycles. The van der Waals surface area contributed by atoms with E-state index in [0.29, 0.717) is 0 Å². The lowest BCUT2D eigenvalue weighted by Gasteiger charge is -2.03. The minimum absolute atomic E-state index is 0.779. The van der Waals surface area contributed by atoms with Crippen LogP contribution in [0.3, 0.4) is 0 Å². The van der Waals surface area contributed by atoms with Crippen LogP contribution >= 0.6 is 31.9 Å². The summed E-state index contributed by atoms with van der Waals surface area (Å²) in [6.07, 6.45) is 6.89. The third kappa shape index (κ3) is 2.36. The highest BCUT2D eigenvalue weighted by molar-refractivity contribution is 9.11. The van der Waals surface area contributed by atoms with E-state index < -0.39 is 0 Å². The van der Waals surface area contributed by atoms with Gasteiger partial charge in [0.2, 0.25) is 0 Å². The number of benzene rings is 1. The van der Waals surface area contributed by atoms with Gasteiger partial charge in [-0.1, -0.05) is 37.9 Å². The van der Waals surface area contributed by atoms with Crippen molar-refractivity contribution < 1.29 is 0 Å². The van der Waals surface area contributed by atoms with E-state index in [-0.39, 0.29) is 0 Å². The van der Waals surface area contributed by atoms with Gasteiger partial charge in [-0.25, -0.2) is 0 Å². The fraction of sp³-hybridized carbons (Fsp3) is 0.200. The van der Waals surface area contributed by atoms with Crippen molar-refractivity contribution in [3.8, 4) is 12.3 Å². The van der Waals surface area contributed by atoms with Crippen molar-refractivity contribution in [2.45, 2.75) is 12.8 Å². The lowest BCUT2D eigenvalue weighted by molar-refractivity contribution is 1.01. The molecule has 0 amide bonds. The lowest BCUT2D eigenvalue weighted by atomic mass is 10.1. The second-order valence-corrected chi connectivity index (χ2v) is 4.11. The van der Waals surface area contributed by atoms with Crippen molar-refractivity contribution in [2.75, 3.05) is 0 Å². The lowest BCUT2D eigenvalue weighted by Crippen LogP contribution is -1.87. The summed E-state index contributed by atoms with van der Waals surface area (Å²) in [4.78, 5) is 0. The molecule has 0 aliphatic carbocycles. The molecular formula is C10H8Br2. The maximum absolute atomic E-state index is 5.20. The van der Waals surface area contributed by atoms with E-state index >= 15 is 0 Å². The first-order chi connectivity index (χ1) is 5.75. The van der Waals surface area contributed by atoms with Gasteiger partial charge >= 0.3 is 0 Å². The van der Waals surface area contributed by atoms with Gasteiger partial charge in [0.25, 0.3) is 0 Å². The quantitative estimate of drug-likeness (QED) is 0.726. The summed E-state index contributed by atoms with van der Waals surface area (Å²) in [6, 6.07) is 6.04. The third-order valence-corrected chi connectivity index (χ3v) is 3.07. The van der Waals surface area contributed by atoms with Gasteiger partial charge in [-0.05, 0) is 24.1 Å². The summed E-state index contributed by atoms with van der Waals surface area (Å²) in [5, 5.41) is 0. The molecule has 0 unspecified atom stereocenters. The fourth-order valence-corrected chi connectivity index (χ4v) is 2.36. The molecule has 0 saturated heterocycles. The van der Waals surface area contributed by atoms with Crippen LogP contribution in [-0.2, 0) is 6.42 Å². The topological polar surface area (TPSA) is 0 Å². The first-order valence-corrected chi connectivity index (χ1v) is 5.20. The van der Waals surface area contributed by atoms with E-state index in [1.54, 1.807) is 0 Å². The summed E-state index contributed by atoms with van der Waals surface area (Å²) in [7, 11) is 0. The van der Waals surface area contributed by atoms with Crippen molar-refractivity contribution in [2.24, 2.45) is 0 Å². The van der Waals surface area contributed by atoms with Gasteiger partial charge in [-0.2, -0.15) is 0 Å². The molecule has 0 aromatic heterocycles. The van der Waals surface area contributed by atoms with Crippen molar-refractivity contribution in [1.29, 1.82) is 0 Å². The molecule has 0 aliphatic rings. The summed E-state index contributed by atoms with van der Waals surface area (Å²) < 4.78 is 2.24. The Labute approximate surface area is 89.6 Å². The van der Waals surface area contributed by atoms with Crippen LogP contribution in [0.2, 0.25) is 0 Å². The standard InChI is InChI=1S/C10H8Br2/c1-2-3-5-8-9(11)6-4-7-10(8)12/h1,4,6-7H,3,5H2. The third-order valence-electron chi connectivity index (χ3n) is 1.58. The molecule has 2 heteroatoms. The molecule has 1 rings (SSSR count). The van der Waals surface area contributed by atoms with Crippen LogP contribution in [0.1, 0.15) is 12.0 Å². The summed E-state index contributed by atoms with van der Waals surface area (Å²) in [5.41, 5.74) is 1.25. The predicted octanol–water partition coefficient (Wildman–Crippen LogP) is 3.78. The van der Waals surface area contributed by atoms with Crippen molar-refractivity contribution in [3.05, 3.63) is 32.7 Å². The number of terminal acetylenes is 1. The Kier molecular flexibility index (Phi) is 3.84. The molecule has 0 atom stereocenters. The van der Waals surface area contributed by atoms with Crippen LogP contribution in [0.4, 0.5) is 0 Å². The molecular weight excluding hydrogens is 280 g/mol. The Hall–Kier alpha value is -0.260. The Bertz CT molecular complexity index is 290. The fourth-order valence-electron chi connectivity index (χ4n) is 0.968. The molecule has 62 valence electrons. The first kappa shape index (κ1) is 9.83. The Balaban J connectivity index is 2.90.